The number of amides is 3. The number of hydrogen-bond donors (Lipinski definition) is 3. The highest BCUT2D eigenvalue weighted by Gasteiger charge is 2.27. The molecule has 0 atom stereocenters. The molecule has 0 fully saturated rings. The molecule has 160 valence electrons. The number of nitrogens with two attached hydrogens (primary N) is 1. The standard InChI is InChI=1S/C20H21N5O2S.2ClH/c1-2-25-8-7-14-16(11-25)28-19(17(14)18(21)26)24-20(27)23-13-9-12-5-3-4-6-15(12)22-10-13;;/h3-6,9-10H,2,7-8,11H2,1H3,(H2,21,26)(H2,23,24,27);2*1H. The first kappa shape index (κ1) is 23.9. The SMILES string of the molecule is CCN1CCc2c(sc(NC(=O)Nc3cnc4ccccc4c3)c2C(N)=O)C1.Cl.Cl. The number of para-hydroxylation sites is 1. The highest BCUT2D eigenvalue weighted by atomic mass is 35.5. The van der Waals surface area contributed by atoms with Gasteiger partial charge in [-0.2, -0.15) is 0 Å². The number of rotatable bonds is 4. The van der Waals surface area contributed by atoms with Crippen LogP contribution in [0.3, 0.4) is 0 Å². The van der Waals surface area contributed by atoms with Crippen LogP contribution in [0.2, 0.25) is 0 Å². The molecule has 1 aliphatic heterocycles. The topological polar surface area (TPSA) is 100 Å². The summed E-state index contributed by atoms with van der Waals surface area (Å²) in [6.45, 7) is 4.71. The molecule has 0 saturated carbocycles. The molecule has 0 saturated heterocycles. The summed E-state index contributed by atoms with van der Waals surface area (Å²) in [5.41, 5.74) is 8.45. The molecule has 30 heavy (non-hydrogen) atoms. The van der Waals surface area contributed by atoms with Crippen molar-refractivity contribution in [2.45, 2.75) is 19.9 Å². The Balaban J connectivity index is 0.00000160. The lowest BCUT2D eigenvalue weighted by molar-refractivity contribution is 0.1000. The van der Waals surface area contributed by atoms with Crippen molar-refractivity contribution < 1.29 is 9.59 Å². The molecule has 0 spiro atoms. The van der Waals surface area contributed by atoms with Gasteiger partial charge in [-0.1, -0.05) is 25.1 Å². The first-order valence-electron chi connectivity index (χ1n) is 9.14. The van der Waals surface area contributed by atoms with Crippen molar-refractivity contribution in [1.82, 2.24) is 9.88 Å². The number of primary amides is 1. The number of nitrogens with zero attached hydrogens (tertiary/aromatic N) is 2. The van der Waals surface area contributed by atoms with Gasteiger partial charge >= 0.3 is 6.03 Å². The zero-order valence-electron chi connectivity index (χ0n) is 16.3. The first-order valence-corrected chi connectivity index (χ1v) is 9.96. The van der Waals surface area contributed by atoms with E-state index in [1.165, 1.54) is 11.3 Å². The van der Waals surface area contributed by atoms with E-state index in [1.807, 2.05) is 30.3 Å². The van der Waals surface area contributed by atoms with Crippen molar-refractivity contribution in [1.29, 1.82) is 0 Å². The Morgan fingerprint density at radius 2 is 2.00 bits per heavy atom. The van der Waals surface area contributed by atoms with Crippen LogP contribution in [0.5, 0.6) is 0 Å². The number of urea groups is 1. The maximum absolute atomic E-state index is 12.5. The van der Waals surface area contributed by atoms with Gasteiger partial charge in [-0.15, -0.1) is 36.2 Å². The first-order chi connectivity index (χ1) is 13.5. The summed E-state index contributed by atoms with van der Waals surface area (Å²) in [4.78, 5) is 32.3. The fraction of sp³-hybridized carbons (Fsp3) is 0.250. The fourth-order valence-corrected chi connectivity index (χ4v) is 4.77. The van der Waals surface area contributed by atoms with Crippen molar-refractivity contribution in [2.24, 2.45) is 5.73 Å². The third-order valence-corrected chi connectivity index (χ3v) is 6.04. The van der Waals surface area contributed by atoms with Gasteiger partial charge in [0.1, 0.15) is 5.00 Å². The molecule has 7 nitrogen and oxygen atoms in total. The van der Waals surface area contributed by atoms with E-state index < -0.39 is 11.9 Å². The lowest BCUT2D eigenvalue weighted by Gasteiger charge is -2.25. The molecule has 2 aromatic heterocycles. The van der Waals surface area contributed by atoms with Crippen molar-refractivity contribution in [3.8, 4) is 0 Å². The molecule has 0 unspecified atom stereocenters. The van der Waals surface area contributed by atoms with Gasteiger partial charge in [0.2, 0.25) is 0 Å². The molecule has 0 radical (unpaired) electrons. The van der Waals surface area contributed by atoms with E-state index in [2.05, 4.69) is 27.4 Å². The fourth-order valence-electron chi connectivity index (χ4n) is 3.48. The molecule has 4 N–H and O–H groups in total. The van der Waals surface area contributed by atoms with Gasteiger partial charge in [0.05, 0.1) is 23.0 Å². The normalized spacial score (nSPS) is 13.0. The van der Waals surface area contributed by atoms with Crippen molar-refractivity contribution in [3.05, 3.63) is 52.5 Å². The van der Waals surface area contributed by atoms with Crippen LogP contribution < -0.4 is 16.4 Å². The lowest BCUT2D eigenvalue weighted by Crippen LogP contribution is -2.30. The number of fused-ring (bicyclic) bond motifs is 2. The lowest BCUT2D eigenvalue weighted by atomic mass is 10.0. The second kappa shape index (κ2) is 10.1. The number of hydrogen-bond acceptors (Lipinski definition) is 5. The molecular formula is C20H23Cl2N5O2S. The van der Waals surface area contributed by atoms with E-state index in [-0.39, 0.29) is 24.8 Å². The number of likely N-dealkylation sites (N-methyl/N-ethyl adjacent to an activating group) is 1. The zero-order chi connectivity index (χ0) is 19.7. The van der Waals surface area contributed by atoms with E-state index in [4.69, 9.17) is 5.73 Å². The number of nitrogens with one attached hydrogen (secondary N) is 2. The Labute approximate surface area is 190 Å². The Kier molecular flexibility index (Phi) is 8.03. The molecule has 3 amide bonds. The second-order valence-corrected chi connectivity index (χ2v) is 7.79. The molecule has 1 aromatic carbocycles. The van der Waals surface area contributed by atoms with Crippen LogP contribution in [0.15, 0.2) is 36.5 Å². The molecule has 3 heterocycles. The Morgan fingerprint density at radius 1 is 1.23 bits per heavy atom. The van der Waals surface area contributed by atoms with Gasteiger partial charge in [0, 0.05) is 23.4 Å². The summed E-state index contributed by atoms with van der Waals surface area (Å²) in [6, 6.07) is 9.11. The quantitative estimate of drug-likeness (QED) is 0.533. The molecule has 3 aromatic rings. The van der Waals surface area contributed by atoms with Crippen LogP contribution in [0.4, 0.5) is 15.5 Å². The number of carbonyl (C=O) groups is 2. The maximum atomic E-state index is 12.5. The summed E-state index contributed by atoms with van der Waals surface area (Å²) >= 11 is 1.42. The number of anilines is 2. The zero-order valence-corrected chi connectivity index (χ0v) is 18.8. The number of thiophene rings is 1. The summed E-state index contributed by atoms with van der Waals surface area (Å²) in [7, 11) is 0. The third kappa shape index (κ3) is 4.84. The molecular weight excluding hydrogens is 445 g/mol. The minimum atomic E-state index is -0.509. The van der Waals surface area contributed by atoms with Gasteiger partial charge in [-0.05, 0) is 30.7 Å². The van der Waals surface area contributed by atoms with Gasteiger partial charge in [-0.25, -0.2) is 4.79 Å². The average Bonchev–Trinajstić information content (AvgIpc) is 3.04. The highest BCUT2D eigenvalue weighted by Crippen LogP contribution is 2.37. The maximum Gasteiger partial charge on any atom is 0.324 e. The largest absolute Gasteiger partial charge is 0.365 e. The van der Waals surface area contributed by atoms with Crippen LogP contribution in [-0.2, 0) is 13.0 Å². The van der Waals surface area contributed by atoms with E-state index in [0.717, 1.165) is 47.4 Å². The molecule has 1 aliphatic rings. The highest BCUT2D eigenvalue weighted by molar-refractivity contribution is 7.17. The van der Waals surface area contributed by atoms with Crippen LogP contribution in [0.1, 0.15) is 27.7 Å². The van der Waals surface area contributed by atoms with Gasteiger partial charge in [0.15, 0.2) is 0 Å². The number of carbonyl (C=O) groups excluding carboxylic acids is 2. The molecule has 4 rings (SSSR count). The van der Waals surface area contributed by atoms with Crippen molar-refractivity contribution >= 4 is 69.7 Å². The van der Waals surface area contributed by atoms with Crippen molar-refractivity contribution in [3.63, 3.8) is 0 Å². The summed E-state index contributed by atoms with van der Waals surface area (Å²) < 4.78 is 0. The molecule has 0 aliphatic carbocycles. The van der Waals surface area contributed by atoms with E-state index in [0.29, 0.717) is 16.3 Å². The monoisotopic (exact) mass is 467 g/mol. The smallest absolute Gasteiger partial charge is 0.324 e. The minimum Gasteiger partial charge on any atom is -0.365 e. The van der Waals surface area contributed by atoms with Crippen LogP contribution in [0.25, 0.3) is 10.9 Å². The Morgan fingerprint density at radius 3 is 2.73 bits per heavy atom. The number of halogens is 2. The van der Waals surface area contributed by atoms with Crippen molar-refractivity contribution in [2.75, 3.05) is 23.7 Å². The summed E-state index contributed by atoms with van der Waals surface area (Å²) in [5.74, 6) is -0.509. The molecule has 10 heteroatoms. The summed E-state index contributed by atoms with van der Waals surface area (Å²) in [6.07, 6.45) is 2.37. The predicted octanol–water partition coefficient (Wildman–Crippen LogP) is 4.26. The number of pyridine rings is 1. The number of aromatic nitrogens is 1. The van der Waals surface area contributed by atoms with E-state index in [9.17, 15) is 9.59 Å². The van der Waals surface area contributed by atoms with E-state index >= 15 is 0 Å². The van der Waals surface area contributed by atoms with Crippen LogP contribution in [0, 0.1) is 0 Å². The van der Waals surface area contributed by atoms with Gasteiger partial charge in [0.25, 0.3) is 5.91 Å². The Bertz CT molecular complexity index is 1070. The van der Waals surface area contributed by atoms with Crippen LogP contribution >= 0.6 is 36.2 Å². The number of benzene rings is 1. The van der Waals surface area contributed by atoms with Crippen LogP contribution in [-0.4, -0.2) is 34.9 Å². The Hall–Kier alpha value is -2.39. The van der Waals surface area contributed by atoms with E-state index in [1.54, 1.807) is 6.20 Å². The average molecular weight is 468 g/mol. The second-order valence-electron chi connectivity index (χ2n) is 6.69. The predicted molar refractivity (Wildman–Crippen MR) is 126 cm³/mol. The molecule has 0 bridgehead atoms. The third-order valence-electron chi connectivity index (χ3n) is 4.90. The minimum absolute atomic E-state index is 0. The van der Waals surface area contributed by atoms with Gasteiger partial charge < -0.3 is 11.1 Å². The van der Waals surface area contributed by atoms with Gasteiger partial charge in [-0.3, -0.25) is 20.0 Å². The summed E-state index contributed by atoms with van der Waals surface area (Å²) in [5, 5.41) is 7.02.